The number of aromatic nitrogens is 1. The Hall–Kier alpha value is -0.840. The van der Waals surface area contributed by atoms with Crippen molar-refractivity contribution < 1.29 is 4.79 Å². The molecule has 0 radical (unpaired) electrons. The number of amides is 1. The molecule has 0 aliphatic heterocycles. The van der Waals surface area contributed by atoms with Gasteiger partial charge in [-0.3, -0.25) is 9.78 Å². The van der Waals surface area contributed by atoms with E-state index in [4.69, 9.17) is 5.73 Å². The summed E-state index contributed by atoms with van der Waals surface area (Å²) in [5.41, 5.74) is 6.38. The van der Waals surface area contributed by atoms with Gasteiger partial charge >= 0.3 is 0 Å². The zero-order valence-electron chi connectivity index (χ0n) is 11.7. The molecule has 1 amide bonds. The lowest BCUT2D eigenvalue weighted by molar-refractivity contribution is -0.128. The summed E-state index contributed by atoms with van der Waals surface area (Å²) in [6, 6.07) is 5.60. The first kappa shape index (κ1) is 19.2. The molecule has 1 aliphatic carbocycles. The van der Waals surface area contributed by atoms with Crippen LogP contribution in [-0.2, 0) is 4.79 Å². The molecule has 1 aromatic heterocycles. The van der Waals surface area contributed by atoms with Gasteiger partial charge in [0, 0.05) is 6.20 Å². The van der Waals surface area contributed by atoms with Crippen molar-refractivity contribution in [2.24, 2.45) is 5.73 Å². The molecular formula is C14H23Cl2N3O. The number of carbonyl (C=O) groups excluding carboxylic acids is 1. The van der Waals surface area contributed by atoms with Crippen LogP contribution >= 0.6 is 24.8 Å². The lowest BCUT2D eigenvalue weighted by atomic mass is 9.81. The van der Waals surface area contributed by atoms with Crippen molar-refractivity contribution in [3.63, 3.8) is 0 Å². The Balaban J connectivity index is 0.00000180. The van der Waals surface area contributed by atoms with Gasteiger partial charge in [0.25, 0.3) is 0 Å². The number of carbonyl (C=O) groups is 1. The highest BCUT2D eigenvalue weighted by atomic mass is 35.5. The average Bonchev–Trinajstić information content (AvgIpc) is 2.40. The van der Waals surface area contributed by atoms with Crippen LogP contribution in [0.25, 0.3) is 0 Å². The van der Waals surface area contributed by atoms with Crippen molar-refractivity contribution in [1.82, 2.24) is 10.3 Å². The summed E-state index contributed by atoms with van der Waals surface area (Å²) in [5, 5.41) is 2.98. The predicted octanol–water partition coefficient (Wildman–Crippen LogP) is 2.76. The van der Waals surface area contributed by atoms with Crippen molar-refractivity contribution in [1.29, 1.82) is 0 Å². The Morgan fingerprint density at radius 1 is 1.30 bits per heavy atom. The lowest BCUT2D eigenvalue weighted by Crippen LogP contribution is -2.55. The predicted molar refractivity (Wildman–Crippen MR) is 85.3 cm³/mol. The maximum Gasteiger partial charge on any atom is 0.240 e. The molecule has 2 rings (SSSR count). The highest BCUT2D eigenvalue weighted by molar-refractivity contribution is 5.86. The summed E-state index contributed by atoms with van der Waals surface area (Å²) in [6.07, 6.45) is 6.57. The number of rotatable bonds is 3. The third-order valence-electron chi connectivity index (χ3n) is 3.68. The fraction of sp³-hybridized carbons (Fsp3) is 0.571. The fourth-order valence-corrected chi connectivity index (χ4v) is 2.46. The molecule has 114 valence electrons. The van der Waals surface area contributed by atoms with Crippen LogP contribution in [0.4, 0.5) is 0 Å². The van der Waals surface area contributed by atoms with Gasteiger partial charge in [0.05, 0.1) is 17.3 Å². The molecule has 0 bridgehead atoms. The Morgan fingerprint density at radius 2 is 1.95 bits per heavy atom. The van der Waals surface area contributed by atoms with Crippen LogP contribution < -0.4 is 11.1 Å². The van der Waals surface area contributed by atoms with Crippen molar-refractivity contribution >= 4 is 30.7 Å². The summed E-state index contributed by atoms with van der Waals surface area (Å²) in [7, 11) is 0. The van der Waals surface area contributed by atoms with E-state index in [1.807, 2.05) is 25.1 Å². The highest BCUT2D eigenvalue weighted by Gasteiger charge is 2.35. The largest absolute Gasteiger partial charge is 0.346 e. The van der Waals surface area contributed by atoms with Gasteiger partial charge in [0.1, 0.15) is 0 Å². The van der Waals surface area contributed by atoms with Gasteiger partial charge in [-0.1, -0.05) is 25.3 Å². The molecule has 1 unspecified atom stereocenters. The van der Waals surface area contributed by atoms with Gasteiger partial charge in [-0.15, -0.1) is 24.8 Å². The van der Waals surface area contributed by atoms with Gasteiger partial charge in [-0.25, -0.2) is 0 Å². The van der Waals surface area contributed by atoms with Crippen LogP contribution in [0.3, 0.4) is 0 Å². The number of pyridine rings is 1. The van der Waals surface area contributed by atoms with E-state index in [2.05, 4.69) is 10.3 Å². The van der Waals surface area contributed by atoms with Gasteiger partial charge < -0.3 is 11.1 Å². The van der Waals surface area contributed by atoms with Gasteiger partial charge in [0.2, 0.25) is 5.91 Å². The second-order valence-electron chi connectivity index (χ2n) is 5.17. The first-order valence-corrected chi connectivity index (χ1v) is 6.63. The first-order chi connectivity index (χ1) is 8.62. The number of nitrogens with zero attached hydrogens (tertiary/aromatic N) is 1. The summed E-state index contributed by atoms with van der Waals surface area (Å²) >= 11 is 0. The monoisotopic (exact) mass is 319 g/mol. The first-order valence-electron chi connectivity index (χ1n) is 6.63. The molecule has 4 nitrogen and oxygen atoms in total. The molecular weight excluding hydrogens is 297 g/mol. The number of hydrogen-bond acceptors (Lipinski definition) is 3. The minimum atomic E-state index is -0.679. The molecule has 20 heavy (non-hydrogen) atoms. The van der Waals surface area contributed by atoms with Crippen molar-refractivity contribution in [3.05, 3.63) is 30.1 Å². The number of nitrogens with two attached hydrogens (primary N) is 1. The van der Waals surface area contributed by atoms with Crippen LogP contribution in [0.15, 0.2) is 24.4 Å². The van der Waals surface area contributed by atoms with Gasteiger partial charge in [-0.05, 0) is 31.9 Å². The SMILES string of the molecule is CC(NC(=O)C1(N)CCCCC1)c1ccccn1.Cl.Cl. The zero-order valence-corrected chi connectivity index (χ0v) is 13.3. The topological polar surface area (TPSA) is 68.0 Å². The summed E-state index contributed by atoms with van der Waals surface area (Å²) in [6.45, 7) is 1.94. The van der Waals surface area contributed by atoms with Crippen LogP contribution in [0.2, 0.25) is 0 Å². The van der Waals surface area contributed by atoms with Crippen LogP contribution in [-0.4, -0.2) is 16.4 Å². The summed E-state index contributed by atoms with van der Waals surface area (Å²) in [5.74, 6) is -0.0413. The Bertz CT molecular complexity index is 408. The Labute approximate surface area is 132 Å². The fourth-order valence-electron chi connectivity index (χ4n) is 2.46. The van der Waals surface area contributed by atoms with E-state index in [0.717, 1.165) is 31.4 Å². The molecule has 6 heteroatoms. The van der Waals surface area contributed by atoms with Crippen LogP contribution in [0.5, 0.6) is 0 Å². The van der Waals surface area contributed by atoms with Gasteiger partial charge in [-0.2, -0.15) is 0 Å². The third kappa shape index (κ3) is 4.62. The lowest BCUT2D eigenvalue weighted by Gasteiger charge is -2.32. The van der Waals surface area contributed by atoms with Crippen molar-refractivity contribution in [3.8, 4) is 0 Å². The molecule has 0 spiro atoms. The molecule has 1 fully saturated rings. The summed E-state index contributed by atoms with van der Waals surface area (Å²) in [4.78, 5) is 16.5. The molecule has 1 aromatic rings. The van der Waals surface area contributed by atoms with E-state index in [-0.39, 0.29) is 36.8 Å². The molecule has 1 atom stereocenters. The van der Waals surface area contributed by atoms with E-state index >= 15 is 0 Å². The number of nitrogens with one attached hydrogen (secondary N) is 1. The average molecular weight is 320 g/mol. The molecule has 0 aromatic carbocycles. The molecule has 1 aliphatic rings. The van der Waals surface area contributed by atoms with E-state index in [1.54, 1.807) is 6.20 Å². The zero-order chi connectivity index (χ0) is 13.0. The Morgan fingerprint density at radius 3 is 2.50 bits per heavy atom. The highest BCUT2D eigenvalue weighted by Crippen LogP contribution is 2.26. The Kier molecular flexibility index (Phi) is 8.09. The molecule has 1 heterocycles. The van der Waals surface area contributed by atoms with Crippen LogP contribution in [0, 0.1) is 0 Å². The minimum Gasteiger partial charge on any atom is -0.346 e. The van der Waals surface area contributed by atoms with E-state index in [1.165, 1.54) is 6.42 Å². The number of halogens is 2. The maximum atomic E-state index is 12.2. The molecule has 3 N–H and O–H groups in total. The second kappa shape index (κ2) is 8.45. The normalized spacial score (nSPS) is 18.1. The van der Waals surface area contributed by atoms with E-state index in [0.29, 0.717) is 0 Å². The third-order valence-corrected chi connectivity index (χ3v) is 3.68. The van der Waals surface area contributed by atoms with Crippen molar-refractivity contribution in [2.75, 3.05) is 0 Å². The van der Waals surface area contributed by atoms with Crippen LogP contribution in [0.1, 0.15) is 50.8 Å². The molecule has 0 saturated heterocycles. The quantitative estimate of drug-likeness (QED) is 0.900. The number of hydrogen-bond donors (Lipinski definition) is 2. The van der Waals surface area contributed by atoms with E-state index < -0.39 is 5.54 Å². The maximum absolute atomic E-state index is 12.2. The second-order valence-corrected chi connectivity index (χ2v) is 5.17. The minimum absolute atomic E-state index is 0. The summed E-state index contributed by atoms with van der Waals surface area (Å²) < 4.78 is 0. The van der Waals surface area contributed by atoms with E-state index in [9.17, 15) is 4.79 Å². The smallest absolute Gasteiger partial charge is 0.240 e. The van der Waals surface area contributed by atoms with Crippen molar-refractivity contribution in [2.45, 2.75) is 50.6 Å². The molecule has 1 saturated carbocycles. The van der Waals surface area contributed by atoms with Gasteiger partial charge in [0.15, 0.2) is 0 Å². The standard InChI is InChI=1S/C14H21N3O.2ClH/c1-11(12-7-3-6-10-16-12)17-13(18)14(15)8-4-2-5-9-14;;/h3,6-7,10-11H,2,4-5,8-9,15H2,1H3,(H,17,18);2*1H.